The third-order valence-electron chi connectivity index (χ3n) is 3.72. The molecule has 0 radical (unpaired) electrons. The quantitative estimate of drug-likeness (QED) is 0.829. The Balaban J connectivity index is 1.82. The summed E-state index contributed by atoms with van der Waals surface area (Å²) in [4.78, 5) is 4.69. The molecule has 0 aliphatic carbocycles. The molecule has 118 valence electrons. The van der Waals surface area contributed by atoms with Crippen LogP contribution in [0.2, 0.25) is 5.02 Å². The van der Waals surface area contributed by atoms with Gasteiger partial charge in [-0.25, -0.2) is 8.42 Å². The van der Waals surface area contributed by atoms with E-state index in [1.807, 2.05) is 31.2 Å². The van der Waals surface area contributed by atoms with Crippen LogP contribution in [0, 0.1) is 5.92 Å². The summed E-state index contributed by atoms with van der Waals surface area (Å²) in [6.45, 7) is 6.72. The molecule has 6 heteroatoms. The highest BCUT2D eigenvalue weighted by Gasteiger charge is 2.20. The number of piperazine rings is 1. The molecule has 1 aliphatic rings. The van der Waals surface area contributed by atoms with E-state index in [0.717, 1.165) is 37.7 Å². The Labute approximate surface area is 132 Å². The zero-order valence-corrected chi connectivity index (χ0v) is 14.2. The highest BCUT2D eigenvalue weighted by Crippen LogP contribution is 2.19. The molecule has 1 unspecified atom stereocenters. The van der Waals surface area contributed by atoms with Crippen LogP contribution < -0.4 is 4.90 Å². The molecule has 1 fully saturated rings. The largest absolute Gasteiger partial charge is 0.369 e. The molecule has 0 bridgehead atoms. The van der Waals surface area contributed by atoms with Crippen molar-refractivity contribution >= 4 is 27.1 Å². The number of benzene rings is 1. The highest BCUT2D eigenvalue weighted by molar-refractivity contribution is 7.90. The van der Waals surface area contributed by atoms with Crippen molar-refractivity contribution in [3.63, 3.8) is 0 Å². The van der Waals surface area contributed by atoms with E-state index >= 15 is 0 Å². The van der Waals surface area contributed by atoms with Crippen LogP contribution in [0.5, 0.6) is 0 Å². The number of halogens is 1. The van der Waals surface area contributed by atoms with Gasteiger partial charge in [-0.15, -0.1) is 0 Å². The minimum Gasteiger partial charge on any atom is -0.369 e. The average molecular weight is 331 g/mol. The molecule has 0 amide bonds. The third-order valence-corrected chi connectivity index (χ3v) is 5.15. The van der Waals surface area contributed by atoms with Crippen LogP contribution in [0.15, 0.2) is 24.3 Å². The molecule has 2 rings (SSSR count). The van der Waals surface area contributed by atoms with Crippen LogP contribution in [-0.2, 0) is 9.84 Å². The monoisotopic (exact) mass is 330 g/mol. The smallest absolute Gasteiger partial charge is 0.147 e. The van der Waals surface area contributed by atoms with Crippen LogP contribution in [0.25, 0.3) is 0 Å². The van der Waals surface area contributed by atoms with Gasteiger partial charge in [0.2, 0.25) is 0 Å². The predicted molar refractivity (Wildman–Crippen MR) is 89.0 cm³/mol. The van der Waals surface area contributed by atoms with Crippen molar-refractivity contribution in [2.24, 2.45) is 5.92 Å². The molecule has 1 saturated heterocycles. The van der Waals surface area contributed by atoms with E-state index in [-0.39, 0.29) is 11.7 Å². The van der Waals surface area contributed by atoms with Crippen molar-refractivity contribution in [3.05, 3.63) is 29.3 Å². The van der Waals surface area contributed by atoms with Gasteiger partial charge in [-0.2, -0.15) is 0 Å². The summed E-state index contributed by atoms with van der Waals surface area (Å²) in [6, 6.07) is 7.92. The number of hydrogen-bond acceptors (Lipinski definition) is 4. The van der Waals surface area contributed by atoms with Crippen molar-refractivity contribution in [2.45, 2.75) is 6.92 Å². The van der Waals surface area contributed by atoms with Gasteiger partial charge in [0, 0.05) is 49.7 Å². The molecule has 1 atom stereocenters. The Morgan fingerprint density at radius 1 is 1.14 bits per heavy atom. The number of nitrogens with zero attached hydrogens (tertiary/aromatic N) is 2. The van der Waals surface area contributed by atoms with E-state index in [4.69, 9.17) is 11.6 Å². The van der Waals surface area contributed by atoms with Gasteiger partial charge >= 0.3 is 0 Å². The summed E-state index contributed by atoms with van der Waals surface area (Å²) in [5, 5.41) is 0.756. The Bertz CT molecular complexity index is 552. The van der Waals surface area contributed by atoms with Crippen LogP contribution in [0.3, 0.4) is 0 Å². The molecule has 1 aromatic carbocycles. The second-order valence-corrected chi connectivity index (χ2v) is 8.58. The molecule has 21 heavy (non-hydrogen) atoms. The predicted octanol–water partition coefficient (Wildman–Crippen LogP) is 2.14. The maximum Gasteiger partial charge on any atom is 0.147 e. The number of anilines is 1. The Morgan fingerprint density at radius 2 is 1.71 bits per heavy atom. The van der Waals surface area contributed by atoms with Gasteiger partial charge in [-0.1, -0.05) is 18.5 Å². The van der Waals surface area contributed by atoms with Gasteiger partial charge in [0.05, 0.1) is 5.75 Å². The molecule has 1 aromatic rings. The second-order valence-electron chi connectivity index (χ2n) is 5.96. The Morgan fingerprint density at radius 3 is 2.24 bits per heavy atom. The van der Waals surface area contributed by atoms with E-state index in [9.17, 15) is 8.42 Å². The van der Waals surface area contributed by atoms with E-state index in [1.165, 1.54) is 11.9 Å². The van der Waals surface area contributed by atoms with Gasteiger partial charge in [-0.3, -0.25) is 4.90 Å². The summed E-state index contributed by atoms with van der Waals surface area (Å²) in [6.07, 6.45) is 1.31. The second kappa shape index (κ2) is 6.99. The van der Waals surface area contributed by atoms with E-state index < -0.39 is 9.84 Å². The first-order valence-electron chi connectivity index (χ1n) is 7.24. The maximum absolute atomic E-state index is 11.3. The van der Waals surface area contributed by atoms with E-state index in [2.05, 4.69) is 9.80 Å². The van der Waals surface area contributed by atoms with Crippen molar-refractivity contribution in [2.75, 3.05) is 49.6 Å². The van der Waals surface area contributed by atoms with Gasteiger partial charge in [0.25, 0.3) is 0 Å². The van der Waals surface area contributed by atoms with Crippen LogP contribution in [0.4, 0.5) is 5.69 Å². The maximum atomic E-state index is 11.3. The van der Waals surface area contributed by atoms with Crippen LogP contribution in [-0.4, -0.2) is 58.1 Å². The lowest BCUT2D eigenvalue weighted by molar-refractivity contribution is 0.232. The normalized spacial score (nSPS) is 18.7. The summed E-state index contributed by atoms with van der Waals surface area (Å²) < 4.78 is 22.6. The van der Waals surface area contributed by atoms with Crippen molar-refractivity contribution in [1.82, 2.24) is 4.90 Å². The Kier molecular flexibility index (Phi) is 5.52. The van der Waals surface area contributed by atoms with Gasteiger partial charge in [0.1, 0.15) is 9.84 Å². The fourth-order valence-corrected chi connectivity index (χ4v) is 4.12. The highest BCUT2D eigenvalue weighted by atomic mass is 35.5. The number of hydrogen-bond donors (Lipinski definition) is 0. The zero-order chi connectivity index (χ0) is 15.5. The zero-order valence-electron chi connectivity index (χ0n) is 12.6. The molecule has 1 aliphatic heterocycles. The van der Waals surface area contributed by atoms with Crippen LogP contribution >= 0.6 is 11.6 Å². The van der Waals surface area contributed by atoms with Crippen LogP contribution in [0.1, 0.15) is 6.92 Å². The first-order chi connectivity index (χ1) is 9.83. The molecule has 0 saturated carbocycles. The lowest BCUT2D eigenvalue weighted by Crippen LogP contribution is -2.48. The van der Waals surface area contributed by atoms with Crippen molar-refractivity contribution in [3.8, 4) is 0 Å². The molecule has 0 spiro atoms. The first kappa shape index (κ1) is 16.6. The molecule has 1 heterocycles. The molecule has 0 aromatic heterocycles. The number of rotatable bonds is 5. The van der Waals surface area contributed by atoms with Crippen molar-refractivity contribution in [1.29, 1.82) is 0 Å². The minimum absolute atomic E-state index is 0.182. The third kappa shape index (κ3) is 5.49. The molecular weight excluding hydrogens is 308 g/mol. The molecule has 4 nitrogen and oxygen atoms in total. The summed E-state index contributed by atoms with van der Waals surface area (Å²) >= 11 is 5.91. The summed E-state index contributed by atoms with van der Waals surface area (Å²) in [5.41, 5.74) is 1.20. The van der Waals surface area contributed by atoms with E-state index in [1.54, 1.807) is 0 Å². The fourth-order valence-electron chi connectivity index (χ4n) is 2.85. The molecular formula is C15H23ClN2O2S. The minimum atomic E-state index is -2.88. The summed E-state index contributed by atoms with van der Waals surface area (Å²) in [7, 11) is -2.88. The topological polar surface area (TPSA) is 40.6 Å². The SMILES string of the molecule is CC(CN1CCN(c2ccc(Cl)cc2)CC1)CS(C)(=O)=O. The number of sulfone groups is 1. The van der Waals surface area contributed by atoms with E-state index in [0.29, 0.717) is 0 Å². The Hall–Kier alpha value is -0.780. The lowest BCUT2D eigenvalue weighted by atomic mass is 10.2. The van der Waals surface area contributed by atoms with Gasteiger partial charge in [-0.05, 0) is 30.2 Å². The van der Waals surface area contributed by atoms with Gasteiger partial charge in [0.15, 0.2) is 0 Å². The lowest BCUT2D eigenvalue weighted by Gasteiger charge is -2.37. The first-order valence-corrected chi connectivity index (χ1v) is 9.68. The standard InChI is InChI=1S/C15H23ClN2O2S/c1-13(12-21(2,19)20)11-17-7-9-18(10-8-17)15-5-3-14(16)4-6-15/h3-6,13H,7-12H2,1-2H3. The van der Waals surface area contributed by atoms with Gasteiger partial charge < -0.3 is 4.90 Å². The average Bonchev–Trinajstić information content (AvgIpc) is 2.38. The van der Waals surface area contributed by atoms with Crippen molar-refractivity contribution < 1.29 is 8.42 Å². The fraction of sp³-hybridized carbons (Fsp3) is 0.600. The summed E-state index contributed by atoms with van der Waals surface area (Å²) in [5.74, 6) is 0.451. The molecule has 0 N–H and O–H groups in total.